The molecule has 1 aliphatic heterocycles. The third kappa shape index (κ3) is 2.91. The minimum atomic E-state index is 0.866. The number of nitrogen functional groups attached to an aromatic ring is 1. The standard InChI is InChI=1S/C16H20N4/c17-15-6-1-2-7-16(15)20-11-9-19(10-12-20)13-14-5-3-4-8-18-14/h1-8H,9-13,17H2. The van der Waals surface area contributed by atoms with Crippen molar-refractivity contribution in [3.63, 3.8) is 0 Å². The van der Waals surface area contributed by atoms with Gasteiger partial charge >= 0.3 is 0 Å². The van der Waals surface area contributed by atoms with Crippen LogP contribution < -0.4 is 10.6 Å². The zero-order valence-corrected chi connectivity index (χ0v) is 11.6. The molecule has 3 rings (SSSR count). The third-order valence-corrected chi connectivity index (χ3v) is 3.76. The fraction of sp³-hybridized carbons (Fsp3) is 0.312. The number of para-hydroxylation sites is 2. The Balaban J connectivity index is 1.59. The van der Waals surface area contributed by atoms with Crippen LogP contribution >= 0.6 is 0 Å². The van der Waals surface area contributed by atoms with Gasteiger partial charge in [-0.1, -0.05) is 18.2 Å². The molecule has 20 heavy (non-hydrogen) atoms. The average Bonchev–Trinajstić information content (AvgIpc) is 2.50. The van der Waals surface area contributed by atoms with Gasteiger partial charge in [-0.2, -0.15) is 0 Å². The van der Waals surface area contributed by atoms with E-state index in [1.54, 1.807) is 0 Å². The number of nitrogens with two attached hydrogens (primary N) is 1. The maximum atomic E-state index is 6.04. The SMILES string of the molecule is Nc1ccccc1N1CCN(Cc2ccccn2)CC1. The first-order chi connectivity index (χ1) is 9.83. The van der Waals surface area contributed by atoms with E-state index in [-0.39, 0.29) is 0 Å². The highest BCUT2D eigenvalue weighted by Crippen LogP contribution is 2.23. The van der Waals surface area contributed by atoms with E-state index in [9.17, 15) is 0 Å². The molecule has 1 aromatic heterocycles. The summed E-state index contributed by atoms with van der Waals surface area (Å²) in [4.78, 5) is 9.20. The van der Waals surface area contributed by atoms with Crippen molar-refractivity contribution in [2.75, 3.05) is 36.8 Å². The van der Waals surface area contributed by atoms with E-state index in [1.807, 2.05) is 36.5 Å². The number of piperazine rings is 1. The van der Waals surface area contributed by atoms with Gasteiger partial charge in [-0.05, 0) is 24.3 Å². The Kier molecular flexibility index (Phi) is 3.83. The van der Waals surface area contributed by atoms with Crippen molar-refractivity contribution in [3.8, 4) is 0 Å². The van der Waals surface area contributed by atoms with Crippen molar-refractivity contribution >= 4 is 11.4 Å². The Labute approximate surface area is 119 Å². The highest BCUT2D eigenvalue weighted by Gasteiger charge is 2.18. The van der Waals surface area contributed by atoms with Gasteiger partial charge in [0.2, 0.25) is 0 Å². The molecule has 2 aromatic rings. The minimum absolute atomic E-state index is 0.866. The van der Waals surface area contributed by atoms with Crippen LogP contribution in [0, 0.1) is 0 Å². The monoisotopic (exact) mass is 268 g/mol. The van der Waals surface area contributed by atoms with Gasteiger partial charge in [0.25, 0.3) is 0 Å². The molecule has 0 radical (unpaired) electrons. The van der Waals surface area contributed by atoms with E-state index in [0.29, 0.717) is 0 Å². The second-order valence-corrected chi connectivity index (χ2v) is 5.14. The molecule has 2 N–H and O–H groups in total. The summed E-state index contributed by atoms with van der Waals surface area (Å²) in [6, 6.07) is 14.2. The molecular weight excluding hydrogens is 248 g/mol. The molecule has 0 aliphatic carbocycles. The van der Waals surface area contributed by atoms with Crippen molar-refractivity contribution in [2.24, 2.45) is 0 Å². The molecule has 0 unspecified atom stereocenters. The van der Waals surface area contributed by atoms with Gasteiger partial charge in [0.1, 0.15) is 0 Å². The number of hydrogen-bond acceptors (Lipinski definition) is 4. The fourth-order valence-electron chi connectivity index (χ4n) is 2.64. The quantitative estimate of drug-likeness (QED) is 0.865. The second kappa shape index (κ2) is 5.92. The van der Waals surface area contributed by atoms with Crippen LogP contribution in [0.2, 0.25) is 0 Å². The number of anilines is 2. The van der Waals surface area contributed by atoms with Crippen LogP contribution in [-0.2, 0) is 6.54 Å². The second-order valence-electron chi connectivity index (χ2n) is 5.14. The number of nitrogens with zero attached hydrogens (tertiary/aromatic N) is 3. The molecule has 0 bridgehead atoms. The maximum Gasteiger partial charge on any atom is 0.0600 e. The van der Waals surface area contributed by atoms with Crippen molar-refractivity contribution < 1.29 is 0 Å². The summed E-state index contributed by atoms with van der Waals surface area (Å²) in [5.74, 6) is 0. The fourth-order valence-corrected chi connectivity index (χ4v) is 2.64. The molecular formula is C16H20N4. The molecule has 104 valence electrons. The Morgan fingerprint density at radius 1 is 0.950 bits per heavy atom. The summed E-state index contributed by atoms with van der Waals surface area (Å²) in [5, 5.41) is 0. The predicted octanol–water partition coefficient (Wildman–Crippen LogP) is 1.99. The van der Waals surface area contributed by atoms with Crippen LogP contribution in [0.15, 0.2) is 48.7 Å². The average molecular weight is 268 g/mol. The summed E-state index contributed by atoms with van der Waals surface area (Å²) in [7, 11) is 0. The molecule has 1 aromatic carbocycles. The van der Waals surface area contributed by atoms with E-state index in [4.69, 9.17) is 5.73 Å². The number of pyridine rings is 1. The Morgan fingerprint density at radius 3 is 2.40 bits per heavy atom. The first-order valence-corrected chi connectivity index (χ1v) is 7.04. The first-order valence-electron chi connectivity index (χ1n) is 7.04. The van der Waals surface area contributed by atoms with Crippen LogP contribution in [0.1, 0.15) is 5.69 Å². The lowest BCUT2D eigenvalue weighted by atomic mass is 10.2. The van der Waals surface area contributed by atoms with Gasteiger partial charge in [0.05, 0.1) is 17.1 Å². The molecule has 2 heterocycles. The van der Waals surface area contributed by atoms with Crippen molar-refractivity contribution in [2.45, 2.75) is 6.54 Å². The number of benzene rings is 1. The lowest BCUT2D eigenvalue weighted by Crippen LogP contribution is -2.46. The predicted molar refractivity (Wildman–Crippen MR) is 82.6 cm³/mol. The Bertz CT molecular complexity index is 547. The van der Waals surface area contributed by atoms with Crippen LogP contribution in [0.5, 0.6) is 0 Å². The molecule has 4 nitrogen and oxygen atoms in total. The third-order valence-electron chi connectivity index (χ3n) is 3.76. The molecule has 0 amide bonds. The van der Waals surface area contributed by atoms with Gasteiger partial charge in [-0.3, -0.25) is 9.88 Å². The van der Waals surface area contributed by atoms with Gasteiger partial charge in [0, 0.05) is 38.9 Å². The highest BCUT2D eigenvalue weighted by atomic mass is 15.3. The Hall–Kier alpha value is -2.07. The number of aromatic nitrogens is 1. The zero-order valence-electron chi connectivity index (χ0n) is 11.6. The molecule has 1 saturated heterocycles. The summed E-state index contributed by atoms with van der Waals surface area (Å²) in [5.41, 5.74) is 9.21. The molecule has 0 saturated carbocycles. The minimum Gasteiger partial charge on any atom is -0.397 e. The molecule has 0 atom stereocenters. The Morgan fingerprint density at radius 2 is 1.70 bits per heavy atom. The normalized spacial score (nSPS) is 16.3. The number of hydrogen-bond donors (Lipinski definition) is 1. The van der Waals surface area contributed by atoms with Crippen molar-refractivity contribution in [1.82, 2.24) is 9.88 Å². The van der Waals surface area contributed by atoms with Gasteiger partial charge in [0.15, 0.2) is 0 Å². The van der Waals surface area contributed by atoms with Crippen LogP contribution in [-0.4, -0.2) is 36.1 Å². The highest BCUT2D eigenvalue weighted by molar-refractivity contribution is 5.67. The van der Waals surface area contributed by atoms with Crippen LogP contribution in [0.25, 0.3) is 0 Å². The van der Waals surface area contributed by atoms with Crippen molar-refractivity contribution in [1.29, 1.82) is 0 Å². The summed E-state index contributed by atoms with van der Waals surface area (Å²) < 4.78 is 0. The molecule has 1 aliphatic rings. The summed E-state index contributed by atoms with van der Waals surface area (Å²) >= 11 is 0. The maximum absolute atomic E-state index is 6.04. The van der Waals surface area contributed by atoms with Crippen LogP contribution in [0.4, 0.5) is 11.4 Å². The van der Waals surface area contributed by atoms with Crippen molar-refractivity contribution in [3.05, 3.63) is 54.4 Å². The lowest BCUT2D eigenvalue weighted by molar-refractivity contribution is 0.247. The molecule has 0 spiro atoms. The summed E-state index contributed by atoms with van der Waals surface area (Å²) in [6.07, 6.45) is 1.86. The van der Waals surface area contributed by atoms with Gasteiger partial charge in [-0.25, -0.2) is 0 Å². The van der Waals surface area contributed by atoms with Gasteiger partial charge < -0.3 is 10.6 Å². The lowest BCUT2D eigenvalue weighted by Gasteiger charge is -2.36. The molecule has 1 fully saturated rings. The van der Waals surface area contributed by atoms with E-state index < -0.39 is 0 Å². The first kappa shape index (κ1) is 12.9. The largest absolute Gasteiger partial charge is 0.397 e. The van der Waals surface area contributed by atoms with Crippen LogP contribution in [0.3, 0.4) is 0 Å². The van der Waals surface area contributed by atoms with Gasteiger partial charge in [-0.15, -0.1) is 0 Å². The van der Waals surface area contributed by atoms with E-state index in [0.717, 1.165) is 49.8 Å². The zero-order chi connectivity index (χ0) is 13.8. The number of rotatable bonds is 3. The van der Waals surface area contributed by atoms with E-state index in [2.05, 4.69) is 26.9 Å². The topological polar surface area (TPSA) is 45.4 Å². The van der Waals surface area contributed by atoms with E-state index >= 15 is 0 Å². The smallest absolute Gasteiger partial charge is 0.0600 e. The molecule has 4 heteroatoms. The summed E-state index contributed by atoms with van der Waals surface area (Å²) in [6.45, 7) is 5.05. The van der Waals surface area contributed by atoms with E-state index in [1.165, 1.54) is 0 Å².